The van der Waals surface area contributed by atoms with Crippen LogP contribution in [0.5, 0.6) is 0 Å². The normalized spacial score (nSPS) is 10.2. The highest BCUT2D eigenvalue weighted by molar-refractivity contribution is 9.10. The van der Waals surface area contributed by atoms with Gasteiger partial charge in [-0.1, -0.05) is 19.1 Å². The van der Waals surface area contributed by atoms with Gasteiger partial charge in [-0.3, -0.25) is 9.59 Å². The summed E-state index contributed by atoms with van der Waals surface area (Å²) in [4.78, 5) is 24.2. The molecule has 0 aliphatic carbocycles. The van der Waals surface area contributed by atoms with E-state index >= 15 is 0 Å². The summed E-state index contributed by atoms with van der Waals surface area (Å²) in [6.07, 6.45) is 2.26. The number of hydrogen-bond donors (Lipinski definition) is 2. The second-order valence-electron chi connectivity index (χ2n) is 4.36. The minimum atomic E-state index is -0.341. The van der Waals surface area contributed by atoms with E-state index in [-0.39, 0.29) is 11.8 Å². The smallest absolute Gasteiger partial charge is 0.260 e. The number of benzene rings is 1. The largest absolute Gasteiger partial charge is 0.457 e. The first-order valence-corrected chi connectivity index (χ1v) is 7.34. The molecule has 2 aromatic rings. The van der Waals surface area contributed by atoms with E-state index in [0.29, 0.717) is 28.0 Å². The van der Waals surface area contributed by atoms with E-state index in [1.165, 1.54) is 6.26 Å². The Morgan fingerprint density at radius 1 is 1.14 bits per heavy atom. The van der Waals surface area contributed by atoms with Crippen LogP contribution in [-0.2, 0) is 0 Å². The summed E-state index contributed by atoms with van der Waals surface area (Å²) < 4.78 is 5.39. The molecule has 1 aromatic carbocycles. The molecule has 0 saturated carbocycles. The molecule has 1 aromatic heterocycles. The van der Waals surface area contributed by atoms with Gasteiger partial charge in [0.05, 0.1) is 23.1 Å². The van der Waals surface area contributed by atoms with Gasteiger partial charge in [-0.25, -0.2) is 0 Å². The molecule has 0 atom stereocenters. The summed E-state index contributed by atoms with van der Waals surface area (Å²) in [5.41, 5.74) is 1.27. The lowest BCUT2D eigenvalue weighted by Crippen LogP contribution is -2.25. The molecule has 2 amide bonds. The van der Waals surface area contributed by atoms with Crippen molar-refractivity contribution in [2.45, 2.75) is 13.3 Å². The fourth-order valence-electron chi connectivity index (χ4n) is 1.77. The third-order valence-electron chi connectivity index (χ3n) is 2.82. The fourth-order valence-corrected chi connectivity index (χ4v) is 2.19. The van der Waals surface area contributed by atoms with Crippen LogP contribution >= 0.6 is 15.9 Å². The number of carbonyl (C=O) groups is 2. The summed E-state index contributed by atoms with van der Waals surface area (Å²) in [5.74, 6) is -0.551. The van der Waals surface area contributed by atoms with Crippen molar-refractivity contribution in [1.82, 2.24) is 5.32 Å². The summed E-state index contributed by atoms with van der Waals surface area (Å²) >= 11 is 3.16. The lowest BCUT2D eigenvalue weighted by molar-refractivity contribution is 0.0954. The van der Waals surface area contributed by atoms with E-state index in [4.69, 9.17) is 4.42 Å². The highest BCUT2D eigenvalue weighted by Gasteiger charge is 2.16. The summed E-state index contributed by atoms with van der Waals surface area (Å²) in [7, 11) is 0. The van der Waals surface area contributed by atoms with Crippen LogP contribution in [0.3, 0.4) is 0 Å². The summed E-state index contributed by atoms with van der Waals surface area (Å²) in [6.45, 7) is 2.57. The Hall–Kier alpha value is -2.08. The van der Waals surface area contributed by atoms with Crippen molar-refractivity contribution >= 4 is 33.4 Å². The molecule has 21 heavy (non-hydrogen) atoms. The van der Waals surface area contributed by atoms with Crippen LogP contribution in [0.1, 0.15) is 34.1 Å². The third-order valence-corrected chi connectivity index (χ3v) is 3.43. The number of anilines is 1. The SMILES string of the molecule is CCCNC(=O)c1ccccc1NC(=O)c1ccoc1Br. The van der Waals surface area contributed by atoms with Crippen molar-refractivity contribution in [3.8, 4) is 0 Å². The van der Waals surface area contributed by atoms with Gasteiger partial charge in [-0.2, -0.15) is 0 Å². The van der Waals surface area contributed by atoms with Crippen LogP contribution in [0, 0.1) is 0 Å². The van der Waals surface area contributed by atoms with Crippen LogP contribution in [0.15, 0.2) is 45.7 Å². The first kappa shape index (κ1) is 15.3. The molecular formula is C15H15BrN2O3. The van der Waals surface area contributed by atoms with Crippen molar-refractivity contribution in [3.63, 3.8) is 0 Å². The number of furan rings is 1. The molecule has 0 spiro atoms. The van der Waals surface area contributed by atoms with Gasteiger partial charge in [0.1, 0.15) is 0 Å². The Bertz CT molecular complexity index is 652. The maximum absolute atomic E-state index is 12.2. The quantitative estimate of drug-likeness (QED) is 0.867. The highest BCUT2D eigenvalue weighted by Crippen LogP contribution is 2.21. The van der Waals surface area contributed by atoms with Gasteiger partial charge in [-0.15, -0.1) is 0 Å². The van der Waals surface area contributed by atoms with Crippen molar-refractivity contribution in [3.05, 3.63) is 52.4 Å². The number of rotatable bonds is 5. The summed E-state index contributed by atoms with van der Waals surface area (Å²) in [6, 6.07) is 8.43. The van der Waals surface area contributed by atoms with E-state index in [0.717, 1.165) is 6.42 Å². The third kappa shape index (κ3) is 3.72. The second-order valence-corrected chi connectivity index (χ2v) is 5.08. The average Bonchev–Trinajstić information content (AvgIpc) is 2.91. The van der Waals surface area contributed by atoms with Gasteiger partial charge in [0, 0.05) is 6.54 Å². The van der Waals surface area contributed by atoms with Gasteiger partial charge >= 0.3 is 0 Å². The van der Waals surface area contributed by atoms with E-state index in [1.807, 2.05) is 6.92 Å². The molecule has 0 fully saturated rings. The number of para-hydroxylation sites is 1. The van der Waals surface area contributed by atoms with Gasteiger partial charge in [0.25, 0.3) is 11.8 Å². The minimum Gasteiger partial charge on any atom is -0.457 e. The standard InChI is InChI=1S/C15H15BrN2O3/c1-2-8-17-14(19)10-5-3-4-6-12(10)18-15(20)11-7-9-21-13(11)16/h3-7,9H,2,8H2,1H3,(H,17,19)(H,18,20). The van der Waals surface area contributed by atoms with Crippen molar-refractivity contribution < 1.29 is 14.0 Å². The zero-order valence-corrected chi connectivity index (χ0v) is 13.1. The van der Waals surface area contributed by atoms with Crippen LogP contribution < -0.4 is 10.6 Å². The predicted molar refractivity (Wildman–Crippen MR) is 83.4 cm³/mol. The van der Waals surface area contributed by atoms with Crippen molar-refractivity contribution in [1.29, 1.82) is 0 Å². The minimum absolute atomic E-state index is 0.209. The van der Waals surface area contributed by atoms with E-state index < -0.39 is 0 Å². The predicted octanol–water partition coefficient (Wildman–Crippen LogP) is 3.43. The number of halogens is 1. The van der Waals surface area contributed by atoms with Gasteiger partial charge in [-0.05, 0) is 40.5 Å². The Morgan fingerprint density at radius 3 is 2.57 bits per heavy atom. The molecule has 5 nitrogen and oxygen atoms in total. The van der Waals surface area contributed by atoms with Gasteiger partial charge in [0.15, 0.2) is 4.67 Å². The molecule has 0 unspecified atom stereocenters. The molecule has 0 bridgehead atoms. The second kappa shape index (κ2) is 7.08. The Labute approximate surface area is 130 Å². The fraction of sp³-hybridized carbons (Fsp3) is 0.200. The lowest BCUT2D eigenvalue weighted by atomic mass is 10.1. The zero-order chi connectivity index (χ0) is 15.2. The maximum Gasteiger partial charge on any atom is 0.260 e. The Balaban J connectivity index is 2.19. The van der Waals surface area contributed by atoms with E-state index in [1.54, 1.807) is 30.3 Å². The van der Waals surface area contributed by atoms with E-state index in [9.17, 15) is 9.59 Å². The number of amides is 2. The topological polar surface area (TPSA) is 71.3 Å². The van der Waals surface area contributed by atoms with Crippen molar-refractivity contribution in [2.24, 2.45) is 0 Å². The first-order chi connectivity index (χ1) is 10.1. The van der Waals surface area contributed by atoms with Crippen LogP contribution in [0.2, 0.25) is 0 Å². The highest BCUT2D eigenvalue weighted by atomic mass is 79.9. The molecule has 0 aliphatic rings. The molecule has 110 valence electrons. The molecule has 1 heterocycles. The molecule has 2 N–H and O–H groups in total. The molecule has 0 radical (unpaired) electrons. The van der Waals surface area contributed by atoms with Crippen molar-refractivity contribution in [2.75, 3.05) is 11.9 Å². The van der Waals surface area contributed by atoms with Crippen LogP contribution in [-0.4, -0.2) is 18.4 Å². The van der Waals surface area contributed by atoms with E-state index in [2.05, 4.69) is 26.6 Å². The molecular weight excluding hydrogens is 336 g/mol. The Kier molecular flexibility index (Phi) is 5.16. The summed E-state index contributed by atoms with van der Waals surface area (Å²) in [5, 5.41) is 5.51. The Morgan fingerprint density at radius 2 is 1.90 bits per heavy atom. The monoisotopic (exact) mass is 350 g/mol. The van der Waals surface area contributed by atoms with Gasteiger partial charge < -0.3 is 15.1 Å². The van der Waals surface area contributed by atoms with Gasteiger partial charge in [0.2, 0.25) is 0 Å². The number of carbonyl (C=O) groups excluding carboxylic acids is 2. The van der Waals surface area contributed by atoms with Crippen LogP contribution in [0.4, 0.5) is 5.69 Å². The first-order valence-electron chi connectivity index (χ1n) is 6.55. The molecule has 2 rings (SSSR count). The average molecular weight is 351 g/mol. The molecule has 6 heteroatoms. The lowest BCUT2D eigenvalue weighted by Gasteiger charge is -2.10. The number of nitrogens with one attached hydrogen (secondary N) is 2. The molecule has 0 aliphatic heterocycles. The van der Waals surface area contributed by atoms with Crippen LogP contribution in [0.25, 0.3) is 0 Å². The molecule has 0 saturated heterocycles. The zero-order valence-electron chi connectivity index (χ0n) is 11.5. The maximum atomic E-state index is 12.2. The number of hydrogen-bond acceptors (Lipinski definition) is 3.